The van der Waals surface area contributed by atoms with Gasteiger partial charge in [0.25, 0.3) is 0 Å². The van der Waals surface area contributed by atoms with Crippen LogP contribution in [0.4, 0.5) is 0 Å². The summed E-state index contributed by atoms with van der Waals surface area (Å²) >= 11 is 0. The van der Waals surface area contributed by atoms with Crippen LogP contribution in [0.1, 0.15) is 27.7 Å². The third kappa shape index (κ3) is 2.72. The monoisotopic (exact) mass is 192 g/mol. The maximum atomic E-state index is 4.59. The first-order valence-electron chi connectivity index (χ1n) is 5.29. The predicted molar refractivity (Wildman–Crippen MR) is 62.4 cm³/mol. The van der Waals surface area contributed by atoms with Crippen LogP contribution in [0.3, 0.4) is 0 Å². The standard InChI is InChI=1S/C12H20N2/c1-10(2)12-13-8-6-5-7-9-14(12)11(3)4/h5-7,9-11H,8H2,1-4H3/b6-5-,9-7-,13-12-. The molecule has 1 rings (SSSR count). The van der Waals surface area contributed by atoms with Crippen molar-refractivity contribution in [2.24, 2.45) is 10.9 Å². The molecular formula is C12H20N2. The molecular weight excluding hydrogens is 172 g/mol. The van der Waals surface area contributed by atoms with Crippen molar-refractivity contribution >= 4 is 5.84 Å². The number of amidine groups is 1. The highest BCUT2D eigenvalue weighted by Crippen LogP contribution is 2.10. The van der Waals surface area contributed by atoms with Crippen LogP contribution in [0, 0.1) is 5.92 Å². The van der Waals surface area contributed by atoms with E-state index >= 15 is 0 Å². The Balaban J connectivity index is 2.94. The minimum absolute atomic E-state index is 0.471. The Morgan fingerprint density at radius 3 is 2.50 bits per heavy atom. The van der Waals surface area contributed by atoms with Gasteiger partial charge in [-0.05, 0) is 19.9 Å². The maximum Gasteiger partial charge on any atom is 0.106 e. The van der Waals surface area contributed by atoms with Gasteiger partial charge in [0.1, 0.15) is 5.84 Å². The summed E-state index contributed by atoms with van der Waals surface area (Å²) in [5, 5.41) is 0. The van der Waals surface area contributed by atoms with Crippen molar-refractivity contribution in [1.82, 2.24) is 4.90 Å². The van der Waals surface area contributed by atoms with Gasteiger partial charge in [-0.15, -0.1) is 0 Å². The molecule has 0 saturated carbocycles. The van der Waals surface area contributed by atoms with E-state index in [1.807, 2.05) is 0 Å². The van der Waals surface area contributed by atoms with E-state index < -0.39 is 0 Å². The topological polar surface area (TPSA) is 15.6 Å². The molecule has 14 heavy (non-hydrogen) atoms. The quantitative estimate of drug-likeness (QED) is 0.657. The summed E-state index contributed by atoms with van der Waals surface area (Å²) in [5.41, 5.74) is 0. The largest absolute Gasteiger partial charge is 0.334 e. The van der Waals surface area contributed by atoms with Gasteiger partial charge in [-0.25, -0.2) is 0 Å². The first kappa shape index (κ1) is 11.0. The summed E-state index contributed by atoms with van der Waals surface area (Å²) in [5.74, 6) is 1.66. The molecule has 1 heterocycles. The van der Waals surface area contributed by atoms with Crippen molar-refractivity contribution in [1.29, 1.82) is 0 Å². The Bertz CT molecular complexity index is 259. The summed E-state index contributed by atoms with van der Waals surface area (Å²) in [4.78, 5) is 6.83. The summed E-state index contributed by atoms with van der Waals surface area (Å²) in [6.45, 7) is 9.54. The minimum Gasteiger partial charge on any atom is -0.334 e. The summed E-state index contributed by atoms with van der Waals surface area (Å²) < 4.78 is 0. The summed E-state index contributed by atoms with van der Waals surface area (Å²) in [6, 6.07) is 0.471. The minimum atomic E-state index is 0.471. The van der Waals surface area contributed by atoms with Crippen molar-refractivity contribution in [3.63, 3.8) is 0 Å². The van der Waals surface area contributed by atoms with E-state index in [0.717, 1.165) is 6.54 Å². The fraction of sp³-hybridized carbons (Fsp3) is 0.583. The van der Waals surface area contributed by atoms with E-state index in [0.29, 0.717) is 12.0 Å². The second-order valence-corrected chi connectivity index (χ2v) is 4.12. The van der Waals surface area contributed by atoms with Gasteiger partial charge in [0.05, 0.1) is 6.54 Å². The van der Waals surface area contributed by atoms with Crippen LogP contribution in [0.5, 0.6) is 0 Å². The van der Waals surface area contributed by atoms with E-state index in [-0.39, 0.29) is 0 Å². The van der Waals surface area contributed by atoms with Crippen LogP contribution < -0.4 is 0 Å². The van der Waals surface area contributed by atoms with E-state index in [4.69, 9.17) is 0 Å². The molecule has 78 valence electrons. The summed E-state index contributed by atoms with van der Waals surface area (Å²) in [7, 11) is 0. The van der Waals surface area contributed by atoms with Gasteiger partial charge in [0, 0.05) is 18.2 Å². The lowest BCUT2D eigenvalue weighted by Gasteiger charge is -2.29. The molecule has 0 radical (unpaired) electrons. The molecule has 2 nitrogen and oxygen atoms in total. The van der Waals surface area contributed by atoms with E-state index in [2.05, 4.69) is 62.0 Å². The van der Waals surface area contributed by atoms with Crippen molar-refractivity contribution in [2.45, 2.75) is 33.7 Å². The van der Waals surface area contributed by atoms with Gasteiger partial charge >= 0.3 is 0 Å². The molecule has 0 N–H and O–H groups in total. The van der Waals surface area contributed by atoms with Crippen molar-refractivity contribution in [2.75, 3.05) is 6.54 Å². The molecule has 0 saturated heterocycles. The molecule has 0 bridgehead atoms. The Hall–Kier alpha value is -1.05. The van der Waals surface area contributed by atoms with Crippen LogP contribution in [0.25, 0.3) is 0 Å². The van der Waals surface area contributed by atoms with Crippen LogP contribution >= 0.6 is 0 Å². The molecule has 0 aliphatic carbocycles. The Morgan fingerprint density at radius 2 is 1.93 bits per heavy atom. The molecule has 0 aromatic heterocycles. The zero-order chi connectivity index (χ0) is 10.6. The number of rotatable bonds is 2. The zero-order valence-corrected chi connectivity index (χ0v) is 9.57. The van der Waals surface area contributed by atoms with Gasteiger partial charge in [-0.3, -0.25) is 4.99 Å². The SMILES string of the molecule is CC(C)/C1=N/C/C=C\C=C/N1C(C)C. The first-order chi connectivity index (χ1) is 6.63. The number of allylic oxidation sites excluding steroid dienone is 2. The Morgan fingerprint density at radius 1 is 1.21 bits per heavy atom. The Labute approximate surface area is 87.0 Å². The van der Waals surface area contributed by atoms with Crippen molar-refractivity contribution in [3.05, 3.63) is 24.4 Å². The molecule has 0 atom stereocenters. The van der Waals surface area contributed by atoms with Gasteiger partial charge in [-0.2, -0.15) is 0 Å². The fourth-order valence-electron chi connectivity index (χ4n) is 1.50. The second kappa shape index (κ2) is 4.99. The number of hydrogen-bond acceptors (Lipinski definition) is 2. The van der Waals surface area contributed by atoms with E-state index in [1.54, 1.807) is 0 Å². The molecule has 0 unspecified atom stereocenters. The van der Waals surface area contributed by atoms with Crippen molar-refractivity contribution < 1.29 is 0 Å². The normalized spacial score (nSPS) is 25.6. The van der Waals surface area contributed by atoms with Crippen LogP contribution in [-0.2, 0) is 0 Å². The molecule has 1 aliphatic heterocycles. The summed E-state index contributed by atoms with van der Waals surface area (Å²) in [6.07, 6.45) is 8.32. The smallest absolute Gasteiger partial charge is 0.106 e. The van der Waals surface area contributed by atoms with E-state index in [9.17, 15) is 0 Å². The third-order valence-corrected chi connectivity index (χ3v) is 2.19. The average molecular weight is 192 g/mol. The number of aliphatic imine (C=N–C) groups is 1. The van der Waals surface area contributed by atoms with Crippen LogP contribution in [0.15, 0.2) is 29.4 Å². The highest BCUT2D eigenvalue weighted by molar-refractivity contribution is 5.85. The predicted octanol–water partition coefficient (Wildman–Crippen LogP) is 2.83. The third-order valence-electron chi connectivity index (χ3n) is 2.19. The molecule has 0 aromatic carbocycles. The molecule has 0 fully saturated rings. The van der Waals surface area contributed by atoms with Gasteiger partial charge in [-0.1, -0.05) is 26.0 Å². The molecule has 0 aromatic rings. The first-order valence-corrected chi connectivity index (χ1v) is 5.29. The number of nitrogens with zero attached hydrogens (tertiary/aromatic N) is 2. The molecule has 0 amide bonds. The van der Waals surface area contributed by atoms with E-state index in [1.165, 1.54) is 5.84 Å². The maximum absolute atomic E-state index is 4.59. The zero-order valence-electron chi connectivity index (χ0n) is 9.57. The fourth-order valence-corrected chi connectivity index (χ4v) is 1.50. The highest BCUT2D eigenvalue weighted by Gasteiger charge is 2.15. The average Bonchev–Trinajstić information content (AvgIpc) is 2.01. The van der Waals surface area contributed by atoms with Crippen LogP contribution in [0.2, 0.25) is 0 Å². The lowest BCUT2D eigenvalue weighted by atomic mass is 10.1. The molecule has 2 heteroatoms. The molecule has 0 spiro atoms. The lowest BCUT2D eigenvalue weighted by molar-refractivity contribution is 0.436. The Kier molecular flexibility index (Phi) is 3.93. The highest BCUT2D eigenvalue weighted by atomic mass is 15.2. The van der Waals surface area contributed by atoms with Gasteiger partial charge in [0.15, 0.2) is 0 Å². The number of hydrogen-bond donors (Lipinski definition) is 0. The second-order valence-electron chi connectivity index (χ2n) is 4.12. The van der Waals surface area contributed by atoms with Gasteiger partial charge in [0.2, 0.25) is 0 Å². The molecule has 1 aliphatic rings. The van der Waals surface area contributed by atoms with Crippen LogP contribution in [-0.4, -0.2) is 23.3 Å². The van der Waals surface area contributed by atoms with Crippen molar-refractivity contribution in [3.8, 4) is 0 Å². The lowest BCUT2D eigenvalue weighted by Crippen LogP contribution is -2.35. The van der Waals surface area contributed by atoms with Gasteiger partial charge < -0.3 is 4.90 Å².